The predicted octanol–water partition coefficient (Wildman–Crippen LogP) is 1.78. The van der Waals surface area contributed by atoms with Gasteiger partial charge in [-0.3, -0.25) is 14.6 Å². The van der Waals surface area contributed by atoms with Gasteiger partial charge in [0.15, 0.2) is 0 Å². The van der Waals surface area contributed by atoms with Gasteiger partial charge in [0, 0.05) is 6.04 Å². The Morgan fingerprint density at radius 2 is 1.85 bits per heavy atom. The van der Waals surface area contributed by atoms with Crippen LogP contribution in [0.25, 0.3) is 0 Å². The summed E-state index contributed by atoms with van der Waals surface area (Å²) in [5, 5.41) is 9.66. The molecule has 7 nitrogen and oxygen atoms in total. The lowest BCUT2D eigenvalue weighted by atomic mass is 9.90. The van der Waals surface area contributed by atoms with Crippen molar-refractivity contribution in [3.63, 3.8) is 0 Å². The van der Waals surface area contributed by atoms with E-state index in [0.717, 1.165) is 30.7 Å². The summed E-state index contributed by atoms with van der Waals surface area (Å²) in [6, 6.07) is -0.0772. The molecule has 2 N–H and O–H groups in total. The fraction of sp³-hybridized carbons (Fsp3) is 0.769. The van der Waals surface area contributed by atoms with Crippen molar-refractivity contribution in [3.8, 4) is 0 Å². The van der Waals surface area contributed by atoms with Gasteiger partial charge in [-0.1, -0.05) is 19.3 Å². The van der Waals surface area contributed by atoms with Crippen molar-refractivity contribution >= 4 is 18.5 Å². The summed E-state index contributed by atoms with van der Waals surface area (Å²) in [5.41, 5.74) is 2.22. The van der Waals surface area contributed by atoms with E-state index in [1.54, 1.807) is 13.8 Å². The molecular weight excluding hydrogens is 264 g/mol. The van der Waals surface area contributed by atoms with Crippen LogP contribution >= 0.6 is 0 Å². The van der Waals surface area contributed by atoms with Crippen molar-refractivity contribution in [1.29, 1.82) is 0 Å². The Morgan fingerprint density at radius 3 is 2.15 bits per heavy atom. The van der Waals surface area contributed by atoms with E-state index in [2.05, 4.69) is 10.2 Å². The first-order valence-corrected chi connectivity index (χ1v) is 6.73. The van der Waals surface area contributed by atoms with Crippen LogP contribution in [0.1, 0.15) is 46.0 Å². The summed E-state index contributed by atoms with van der Waals surface area (Å²) in [6.45, 7) is 3.54. The summed E-state index contributed by atoms with van der Waals surface area (Å²) >= 11 is 0. The zero-order valence-corrected chi connectivity index (χ0v) is 12.3. The summed E-state index contributed by atoms with van der Waals surface area (Å²) < 4.78 is 4.28. The lowest BCUT2D eigenvalue weighted by Gasteiger charge is -2.20. The molecule has 1 rings (SSSR count). The third-order valence-electron chi connectivity index (χ3n) is 3.03. The smallest absolute Gasteiger partial charge is 0.425 e. The molecule has 0 bridgehead atoms. The number of methoxy groups -OCH3 is 1. The first kappa shape index (κ1) is 18.2. The van der Waals surface area contributed by atoms with Crippen LogP contribution in [0.5, 0.6) is 0 Å². The molecule has 1 aliphatic rings. The van der Waals surface area contributed by atoms with E-state index in [9.17, 15) is 14.4 Å². The molecule has 0 aromatic rings. The number of hydrogen-bond acceptors (Lipinski definition) is 4. The van der Waals surface area contributed by atoms with E-state index < -0.39 is 12.1 Å². The molecule has 0 heterocycles. The van der Waals surface area contributed by atoms with Crippen LogP contribution in [0, 0.1) is 5.92 Å². The fourth-order valence-electron chi connectivity index (χ4n) is 1.78. The highest BCUT2D eigenvalue weighted by Crippen LogP contribution is 2.23. The first-order valence-electron chi connectivity index (χ1n) is 6.73. The van der Waals surface area contributed by atoms with Crippen molar-refractivity contribution in [1.82, 2.24) is 10.4 Å². The molecule has 20 heavy (non-hydrogen) atoms. The molecule has 1 fully saturated rings. The van der Waals surface area contributed by atoms with Crippen LogP contribution in [0.3, 0.4) is 0 Å². The number of carboxylic acid groups (broad SMARTS) is 1. The Labute approximate surface area is 119 Å². The molecule has 0 atom stereocenters. The van der Waals surface area contributed by atoms with Crippen molar-refractivity contribution in [2.45, 2.75) is 52.0 Å². The van der Waals surface area contributed by atoms with Gasteiger partial charge in [-0.25, -0.2) is 10.2 Å². The second-order valence-corrected chi connectivity index (χ2v) is 4.88. The normalized spacial score (nSPS) is 14.8. The number of nitrogens with one attached hydrogen (secondary N) is 1. The van der Waals surface area contributed by atoms with Gasteiger partial charge in [0.2, 0.25) is 6.41 Å². The second kappa shape index (κ2) is 10.1. The molecule has 0 unspecified atom stereocenters. The number of amides is 2. The number of nitrogens with zero attached hydrogens (tertiary/aromatic N) is 1. The van der Waals surface area contributed by atoms with E-state index in [0.29, 0.717) is 6.41 Å². The van der Waals surface area contributed by atoms with Gasteiger partial charge >= 0.3 is 12.1 Å². The van der Waals surface area contributed by atoms with Crippen molar-refractivity contribution < 1.29 is 24.2 Å². The third-order valence-corrected chi connectivity index (χ3v) is 3.03. The maximum atomic E-state index is 10.6. The molecule has 1 saturated carbocycles. The summed E-state index contributed by atoms with van der Waals surface area (Å²) in [5.74, 6) is -0.631. The highest BCUT2D eigenvalue weighted by Gasteiger charge is 2.19. The maximum Gasteiger partial charge on any atom is 0.425 e. The highest BCUT2D eigenvalue weighted by atomic mass is 16.5. The molecule has 0 radical (unpaired) electrons. The van der Waals surface area contributed by atoms with Gasteiger partial charge in [-0.05, 0) is 26.7 Å². The number of rotatable bonds is 4. The summed E-state index contributed by atoms with van der Waals surface area (Å²) in [4.78, 5) is 31.2. The van der Waals surface area contributed by atoms with Gasteiger partial charge in [0.05, 0.1) is 13.0 Å². The summed E-state index contributed by atoms with van der Waals surface area (Å²) in [6.07, 6.45) is 5.12. The van der Waals surface area contributed by atoms with Gasteiger partial charge < -0.3 is 9.84 Å². The van der Waals surface area contributed by atoms with Crippen molar-refractivity contribution in [3.05, 3.63) is 0 Å². The average molecular weight is 288 g/mol. The van der Waals surface area contributed by atoms with Crippen LogP contribution in [-0.2, 0) is 14.3 Å². The van der Waals surface area contributed by atoms with Crippen LogP contribution in [0.15, 0.2) is 0 Å². The Bertz CT molecular complexity index is 314. The zero-order chi connectivity index (χ0) is 15.5. The van der Waals surface area contributed by atoms with Crippen LogP contribution in [0.4, 0.5) is 4.79 Å². The van der Waals surface area contributed by atoms with Crippen molar-refractivity contribution in [2.24, 2.45) is 5.92 Å². The number of hydrazine groups is 1. The van der Waals surface area contributed by atoms with E-state index in [4.69, 9.17) is 5.11 Å². The Morgan fingerprint density at radius 1 is 1.30 bits per heavy atom. The molecule has 0 aromatic heterocycles. The van der Waals surface area contributed by atoms with E-state index in [1.165, 1.54) is 13.5 Å². The maximum absolute atomic E-state index is 10.6. The van der Waals surface area contributed by atoms with Crippen LogP contribution < -0.4 is 5.43 Å². The monoisotopic (exact) mass is 288 g/mol. The van der Waals surface area contributed by atoms with Crippen LogP contribution in [0.2, 0.25) is 0 Å². The predicted molar refractivity (Wildman–Crippen MR) is 72.8 cm³/mol. The average Bonchev–Trinajstić information content (AvgIpc) is 2.45. The van der Waals surface area contributed by atoms with Gasteiger partial charge in [-0.2, -0.15) is 0 Å². The number of carboxylic acids is 1. The SMILES string of the molecule is COC(=O)NN(C=O)C(C)C.O=C(O)C1CCCCC1. The largest absolute Gasteiger partial charge is 0.481 e. The molecule has 7 heteroatoms. The number of carbonyl (C=O) groups excluding carboxylic acids is 2. The van der Waals surface area contributed by atoms with Gasteiger partial charge in [0.1, 0.15) is 0 Å². The minimum atomic E-state index is -0.647. The molecule has 0 saturated heterocycles. The minimum Gasteiger partial charge on any atom is -0.481 e. The number of carbonyl (C=O) groups is 3. The molecule has 0 spiro atoms. The lowest BCUT2D eigenvalue weighted by molar-refractivity contribution is -0.142. The quantitative estimate of drug-likeness (QED) is 0.607. The Kier molecular flexibility index (Phi) is 9.15. The first-order chi connectivity index (χ1) is 9.42. The standard InChI is InChI=1S/C7H12O2.C6H12N2O3/c8-7(9)6-4-2-1-3-5-6;1-5(2)8(4-9)7-6(10)11-3/h6H,1-5H2,(H,8,9);4-5H,1-3H3,(H,7,10). The molecular formula is C13H24N2O5. The minimum absolute atomic E-state index is 0.0289. The van der Waals surface area contributed by atoms with Crippen LogP contribution in [-0.4, -0.2) is 41.7 Å². The topological polar surface area (TPSA) is 95.9 Å². The second-order valence-electron chi connectivity index (χ2n) is 4.88. The van der Waals surface area contributed by atoms with Gasteiger partial charge in [0.25, 0.3) is 0 Å². The molecule has 2 amide bonds. The van der Waals surface area contributed by atoms with Crippen molar-refractivity contribution in [2.75, 3.05) is 7.11 Å². The fourth-order valence-corrected chi connectivity index (χ4v) is 1.78. The Hall–Kier alpha value is -1.79. The number of ether oxygens (including phenoxy) is 1. The van der Waals surface area contributed by atoms with E-state index >= 15 is 0 Å². The number of aliphatic carboxylic acids is 1. The lowest BCUT2D eigenvalue weighted by Crippen LogP contribution is -2.45. The molecule has 0 aromatic carbocycles. The third kappa shape index (κ3) is 7.60. The zero-order valence-electron chi connectivity index (χ0n) is 12.3. The number of hydrogen-bond donors (Lipinski definition) is 2. The highest BCUT2D eigenvalue weighted by molar-refractivity contribution is 5.70. The molecule has 116 valence electrons. The molecule has 0 aliphatic heterocycles. The van der Waals surface area contributed by atoms with Gasteiger partial charge in [-0.15, -0.1) is 0 Å². The van der Waals surface area contributed by atoms with E-state index in [1.807, 2.05) is 0 Å². The molecule has 1 aliphatic carbocycles. The summed E-state index contributed by atoms with van der Waals surface area (Å²) in [7, 11) is 1.23. The Balaban J connectivity index is 0.000000367. The van der Waals surface area contributed by atoms with E-state index in [-0.39, 0.29) is 12.0 Å².